The van der Waals surface area contributed by atoms with Crippen molar-refractivity contribution < 1.29 is 24.2 Å². The molecule has 4 aliphatic rings. The first-order valence-electron chi connectivity index (χ1n) is 16.1. The number of fused-ring (bicyclic) bond motifs is 3. The number of amides is 3. The van der Waals surface area contributed by atoms with Crippen LogP contribution in [0.2, 0.25) is 0 Å². The van der Waals surface area contributed by atoms with Crippen LogP contribution in [-0.2, 0) is 25.7 Å². The number of anilines is 1. The zero-order valence-corrected chi connectivity index (χ0v) is 25.3. The fraction of sp³-hybridized carbons (Fsp3) is 0.378. The van der Waals surface area contributed by atoms with Gasteiger partial charge in [0.15, 0.2) is 0 Å². The average Bonchev–Trinajstić information content (AvgIpc) is 3.37. The van der Waals surface area contributed by atoms with Gasteiger partial charge in [0.1, 0.15) is 11.6 Å². The average molecular weight is 606 g/mol. The molecule has 2 fully saturated rings. The predicted molar refractivity (Wildman–Crippen MR) is 172 cm³/mol. The van der Waals surface area contributed by atoms with E-state index in [2.05, 4.69) is 0 Å². The summed E-state index contributed by atoms with van der Waals surface area (Å²) in [6.07, 6.45) is 10.2. The third-order valence-electron chi connectivity index (χ3n) is 9.81. The van der Waals surface area contributed by atoms with Gasteiger partial charge in [0.25, 0.3) is 5.91 Å². The number of ether oxygens (including phenoxy) is 1. The Morgan fingerprint density at radius 3 is 2.40 bits per heavy atom. The van der Waals surface area contributed by atoms with Crippen LogP contribution in [0.4, 0.5) is 5.69 Å². The van der Waals surface area contributed by atoms with E-state index in [0.717, 1.165) is 34.9 Å². The highest BCUT2D eigenvalue weighted by Gasteiger charge is 2.71. The highest BCUT2D eigenvalue weighted by atomic mass is 16.5. The minimum Gasteiger partial charge on any atom is -0.396 e. The van der Waals surface area contributed by atoms with Crippen molar-refractivity contribution in [3.63, 3.8) is 0 Å². The van der Waals surface area contributed by atoms with Crippen LogP contribution in [0.15, 0.2) is 97.1 Å². The van der Waals surface area contributed by atoms with Crippen LogP contribution < -0.4 is 4.90 Å². The van der Waals surface area contributed by atoms with Gasteiger partial charge < -0.3 is 24.5 Å². The van der Waals surface area contributed by atoms with Gasteiger partial charge in [-0.2, -0.15) is 0 Å². The van der Waals surface area contributed by atoms with E-state index >= 15 is 0 Å². The van der Waals surface area contributed by atoms with Crippen molar-refractivity contribution in [2.24, 2.45) is 11.8 Å². The molecule has 0 aliphatic carbocycles. The summed E-state index contributed by atoms with van der Waals surface area (Å²) in [6, 6.07) is 23.0. The highest BCUT2D eigenvalue weighted by molar-refractivity contribution is 6.06. The highest BCUT2D eigenvalue weighted by Crippen LogP contribution is 2.53. The Labute approximate surface area is 263 Å². The molecule has 4 heterocycles. The van der Waals surface area contributed by atoms with Gasteiger partial charge in [-0.15, -0.1) is 0 Å². The summed E-state index contributed by atoms with van der Waals surface area (Å²) in [6.45, 7) is 1.72. The fourth-order valence-electron chi connectivity index (χ4n) is 7.70. The number of aliphatic hydroxyl groups excluding tert-OH is 1. The minimum atomic E-state index is -1.25. The lowest BCUT2D eigenvalue weighted by molar-refractivity contribution is -0.144. The monoisotopic (exact) mass is 605 g/mol. The van der Waals surface area contributed by atoms with Gasteiger partial charge in [0.05, 0.1) is 17.9 Å². The maximum absolute atomic E-state index is 14.7. The second kappa shape index (κ2) is 12.3. The van der Waals surface area contributed by atoms with E-state index in [0.29, 0.717) is 39.0 Å². The molecule has 1 spiro atoms. The predicted octanol–water partition coefficient (Wildman–Crippen LogP) is 4.47. The van der Waals surface area contributed by atoms with Crippen molar-refractivity contribution in [2.45, 2.75) is 50.0 Å². The Balaban J connectivity index is 1.25. The summed E-state index contributed by atoms with van der Waals surface area (Å²) in [5.41, 5.74) is 0.522. The third kappa shape index (κ3) is 5.16. The standard InChI is InChI=1S/C37H39N3O5/c41-23-9-2-1-8-21-40-33-36(44)39(29-18-17-27-14-6-7-15-28(27)24-29)22-11-19-37(33)32(35(40)43)31-30(45-37)16-10-20-38(34(31)42)25-26-12-4-3-5-13-26/h3-7,10-19,24,30-33,41H,1-2,8-9,20-23,25H2/t30-,31+,32-,33?,37-/m0/s1. The molecule has 1 unspecified atom stereocenters. The van der Waals surface area contributed by atoms with Gasteiger partial charge in [-0.25, -0.2) is 0 Å². The molecule has 3 aromatic carbocycles. The first-order valence-corrected chi connectivity index (χ1v) is 16.1. The second-order valence-corrected chi connectivity index (χ2v) is 12.5. The molecule has 2 saturated heterocycles. The summed E-state index contributed by atoms with van der Waals surface area (Å²) in [5.74, 6) is -2.06. The van der Waals surface area contributed by atoms with Gasteiger partial charge in [0.2, 0.25) is 11.8 Å². The number of likely N-dealkylation sites (tertiary alicyclic amines) is 1. The molecular formula is C37H39N3O5. The first-order chi connectivity index (χ1) is 22.0. The van der Waals surface area contributed by atoms with Crippen molar-refractivity contribution >= 4 is 34.2 Å². The van der Waals surface area contributed by atoms with Crippen molar-refractivity contribution in [3.8, 4) is 0 Å². The van der Waals surface area contributed by atoms with Gasteiger partial charge in [-0.3, -0.25) is 14.4 Å². The second-order valence-electron chi connectivity index (χ2n) is 12.5. The first kappa shape index (κ1) is 29.4. The van der Waals surface area contributed by atoms with Crippen molar-refractivity contribution in [1.82, 2.24) is 9.80 Å². The largest absolute Gasteiger partial charge is 0.396 e. The van der Waals surface area contributed by atoms with Crippen LogP contribution in [-0.4, -0.2) is 76.6 Å². The number of carbonyl (C=O) groups excluding carboxylic acids is 3. The van der Waals surface area contributed by atoms with Crippen LogP contribution in [0.3, 0.4) is 0 Å². The van der Waals surface area contributed by atoms with E-state index in [1.54, 1.807) is 14.7 Å². The molecule has 45 heavy (non-hydrogen) atoms. The molecule has 1 N–H and O–H groups in total. The lowest BCUT2D eigenvalue weighted by Crippen LogP contribution is -2.55. The molecule has 0 bridgehead atoms. The number of benzene rings is 3. The topological polar surface area (TPSA) is 90.4 Å². The quantitative estimate of drug-likeness (QED) is 0.287. The van der Waals surface area contributed by atoms with E-state index in [1.165, 1.54) is 0 Å². The van der Waals surface area contributed by atoms with Crippen LogP contribution in [0.25, 0.3) is 10.8 Å². The van der Waals surface area contributed by atoms with Crippen LogP contribution in [0.1, 0.15) is 31.2 Å². The molecule has 0 radical (unpaired) electrons. The molecule has 3 aromatic rings. The maximum atomic E-state index is 14.7. The van der Waals surface area contributed by atoms with E-state index in [9.17, 15) is 19.5 Å². The molecule has 0 saturated carbocycles. The summed E-state index contributed by atoms with van der Waals surface area (Å²) >= 11 is 0. The molecule has 3 amide bonds. The number of aliphatic hydroxyl groups is 1. The number of unbranched alkanes of at least 4 members (excludes halogenated alkanes) is 3. The number of rotatable bonds is 9. The SMILES string of the molecule is O=C1[C@@H]2[C@H](C=CCN1Cc1ccccc1)O[C@]13C=CCN(c4ccc5ccccc5c4)C(=O)C1N(CCCCCCO)C(=O)[C@H]23. The number of hydrogen-bond donors (Lipinski definition) is 1. The molecule has 232 valence electrons. The number of carbonyl (C=O) groups is 3. The maximum Gasteiger partial charge on any atom is 0.253 e. The summed E-state index contributed by atoms with van der Waals surface area (Å²) in [7, 11) is 0. The molecule has 8 heteroatoms. The Hall–Kier alpha value is -4.27. The number of hydrogen-bond acceptors (Lipinski definition) is 5. The molecule has 0 aromatic heterocycles. The molecule has 8 nitrogen and oxygen atoms in total. The van der Waals surface area contributed by atoms with Gasteiger partial charge in [-0.05, 0) is 41.3 Å². The van der Waals surface area contributed by atoms with Crippen LogP contribution >= 0.6 is 0 Å². The summed E-state index contributed by atoms with van der Waals surface area (Å²) < 4.78 is 6.82. The normalized spacial score (nSPS) is 27.5. The Morgan fingerprint density at radius 2 is 1.58 bits per heavy atom. The van der Waals surface area contributed by atoms with Crippen molar-refractivity contribution in [3.05, 3.63) is 103 Å². The number of nitrogens with zero attached hydrogens (tertiary/aromatic N) is 3. The summed E-state index contributed by atoms with van der Waals surface area (Å²) in [4.78, 5) is 48.8. The van der Waals surface area contributed by atoms with Crippen LogP contribution in [0.5, 0.6) is 0 Å². The molecule has 5 atom stereocenters. The fourth-order valence-corrected chi connectivity index (χ4v) is 7.70. The van der Waals surface area contributed by atoms with E-state index in [4.69, 9.17) is 4.74 Å². The van der Waals surface area contributed by atoms with Crippen molar-refractivity contribution in [2.75, 3.05) is 31.1 Å². The Kier molecular flexibility index (Phi) is 8.02. The lowest BCUT2D eigenvalue weighted by atomic mass is 9.77. The smallest absolute Gasteiger partial charge is 0.253 e. The minimum absolute atomic E-state index is 0.121. The van der Waals surface area contributed by atoms with Gasteiger partial charge in [-0.1, -0.05) is 97.8 Å². The van der Waals surface area contributed by atoms with Gasteiger partial charge >= 0.3 is 0 Å². The Morgan fingerprint density at radius 1 is 0.800 bits per heavy atom. The zero-order chi connectivity index (χ0) is 31.0. The Bertz CT molecular complexity index is 1650. The lowest BCUT2D eigenvalue weighted by Gasteiger charge is -2.35. The molecular weight excluding hydrogens is 566 g/mol. The molecule has 7 rings (SSSR count). The summed E-state index contributed by atoms with van der Waals surface area (Å²) in [5, 5.41) is 11.4. The van der Waals surface area contributed by atoms with E-state index in [-0.39, 0.29) is 24.3 Å². The van der Waals surface area contributed by atoms with E-state index < -0.39 is 29.6 Å². The van der Waals surface area contributed by atoms with E-state index in [1.807, 2.05) is 97.1 Å². The molecule has 4 aliphatic heterocycles. The van der Waals surface area contributed by atoms with Gasteiger partial charge in [0, 0.05) is 38.5 Å². The van der Waals surface area contributed by atoms with Crippen molar-refractivity contribution in [1.29, 1.82) is 0 Å². The third-order valence-corrected chi connectivity index (χ3v) is 9.81. The van der Waals surface area contributed by atoms with Crippen LogP contribution in [0, 0.1) is 11.8 Å². The zero-order valence-electron chi connectivity index (χ0n) is 25.3.